The first-order chi connectivity index (χ1) is 30.3. The van der Waals surface area contributed by atoms with E-state index in [9.17, 15) is 19.0 Å². The highest BCUT2D eigenvalue weighted by Crippen LogP contribution is 2.43. The van der Waals surface area contributed by atoms with Crippen LogP contribution in [0.2, 0.25) is 0 Å². The van der Waals surface area contributed by atoms with Crippen molar-refractivity contribution in [2.75, 3.05) is 26.4 Å². The number of rotatable bonds is 48. The van der Waals surface area contributed by atoms with Crippen molar-refractivity contribution in [2.24, 2.45) is 5.73 Å². The van der Waals surface area contributed by atoms with Crippen LogP contribution in [-0.2, 0) is 32.7 Å². The van der Waals surface area contributed by atoms with Gasteiger partial charge in [0.05, 0.1) is 13.2 Å². The Balaban J connectivity index is 3.92. The molecule has 0 aliphatic rings. The summed E-state index contributed by atoms with van der Waals surface area (Å²) in [7, 11) is -4.38. The summed E-state index contributed by atoms with van der Waals surface area (Å²) in [4.78, 5) is 35.0. The minimum atomic E-state index is -4.38. The van der Waals surface area contributed by atoms with Gasteiger partial charge in [0.25, 0.3) is 0 Å². The third-order valence-corrected chi connectivity index (χ3v) is 12.0. The van der Waals surface area contributed by atoms with Gasteiger partial charge in [-0.2, -0.15) is 0 Å². The average molecular weight is 894 g/mol. The summed E-state index contributed by atoms with van der Waals surface area (Å²) in [5, 5.41) is 0. The Bertz CT molecular complexity index is 1160. The van der Waals surface area contributed by atoms with Crippen molar-refractivity contribution in [2.45, 2.75) is 245 Å². The van der Waals surface area contributed by atoms with Crippen molar-refractivity contribution < 1.29 is 37.6 Å². The van der Waals surface area contributed by atoms with E-state index >= 15 is 0 Å². The molecule has 2 atom stereocenters. The first kappa shape index (κ1) is 60.0. The zero-order chi connectivity index (χ0) is 45.3. The molecule has 0 aromatic rings. The number of nitrogens with two attached hydrogens (primary N) is 1. The van der Waals surface area contributed by atoms with Gasteiger partial charge in [0.1, 0.15) is 6.61 Å². The number of ether oxygens (including phenoxy) is 2. The molecule has 0 aliphatic carbocycles. The van der Waals surface area contributed by atoms with E-state index < -0.39 is 26.5 Å². The lowest BCUT2D eigenvalue weighted by molar-refractivity contribution is -0.161. The van der Waals surface area contributed by atoms with Gasteiger partial charge < -0.3 is 20.1 Å². The molecular weight excluding hydrogens is 798 g/mol. The van der Waals surface area contributed by atoms with Gasteiger partial charge in [-0.1, -0.05) is 223 Å². The molecule has 0 radical (unpaired) electrons. The lowest BCUT2D eigenvalue weighted by Gasteiger charge is -2.19. The molecule has 0 fully saturated rings. The number of unbranched alkanes of at least 4 members (excludes halogenated alkanes) is 27. The molecule has 0 amide bonds. The van der Waals surface area contributed by atoms with Crippen LogP contribution < -0.4 is 5.73 Å². The van der Waals surface area contributed by atoms with Crippen molar-refractivity contribution in [3.63, 3.8) is 0 Å². The molecule has 10 heteroatoms. The van der Waals surface area contributed by atoms with Gasteiger partial charge in [0.15, 0.2) is 6.10 Å². The summed E-state index contributed by atoms with van der Waals surface area (Å²) < 4.78 is 32.9. The SMILES string of the molecule is CC/C=C\C/C=C\C/C=C\C/C=C\CCCCCCCCCCCCCCCCCCC(=O)OC(COC(=O)CCCCCCCCCCCCCC)COP(=O)(O)OCCN. The molecule has 362 valence electrons. The van der Waals surface area contributed by atoms with Crippen LogP contribution in [-0.4, -0.2) is 49.3 Å². The van der Waals surface area contributed by atoms with Crippen LogP contribution in [0.15, 0.2) is 48.6 Å². The monoisotopic (exact) mass is 894 g/mol. The molecule has 0 bridgehead atoms. The zero-order valence-electron chi connectivity index (χ0n) is 40.1. The molecule has 2 unspecified atom stereocenters. The molecular formula is C52H96NO8P. The van der Waals surface area contributed by atoms with Gasteiger partial charge in [-0.25, -0.2) is 4.57 Å². The minimum absolute atomic E-state index is 0.0545. The number of phosphoric acid groups is 1. The van der Waals surface area contributed by atoms with E-state index in [1.54, 1.807) is 0 Å². The smallest absolute Gasteiger partial charge is 0.462 e. The Morgan fingerprint density at radius 2 is 0.887 bits per heavy atom. The van der Waals surface area contributed by atoms with Crippen molar-refractivity contribution in [3.05, 3.63) is 48.6 Å². The molecule has 0 saturated heterocycles. The molecule has 0 aromatic heterocycles. The summed E-state index contributed by atoms with van der Waals surface area (Å²) in [5.74, 6) is -0.820. The second-order valence-electron chi connectivity index (χ2n) is 17.0. The molecule has 0 rings (SSSR count). The van der Waals surface area contributed by atoms with Crippen LogP contribution in [0.25, 0.3) is 0 Å². The fourth-order valence-electron chi connectivity index (χ4n) is 7.22. The lowest BCUT2D eigenvalue weighted by Crippen LogP contribution is -2.29. The van der Waals surface area contributed by atoms with E-state index in [0.29, 0.717) is 6.42 Å². The van der Waals surface area contributed by atoms with Crippen LogP contribution in [0.4, 0.5) is 0 Å². The van der Waals surface area contributed by atoms with Gasteiger partial charge in [0.2, 0.25) is 0 Å². The number of carbonyl (C=O) groups excluding carboxylic acids is 2. The predicted molar refractivity (Wildman–Crippen MR) is 261 cm³/mol. The Kier molecular flexibility index (Phi) is 46.8. The summed E-state index contributed by atoms with van der Waals surface area (Å²) in [6.45, 7) is 3.64. The number of carbonyl (C=O) groups is 2. The Morgan fingerprint density at radius 1 is 0.500 bits per heavy atom. The van der Waals surface area contributed by atoms with Gasteiger partial charge in [-0.3, -0.25) is 18.6 Å². The number of esters is 2. The maximum absolute atomic E-state index is 12.6. The molecule has 3 N–H and O–H groups in total. The largest absolute Gasteiger partial charge is 0.472 e. The van der Waals surface area contributed by atoms with Crippen molar-refractivity contribution in [3.8, 4) is 0 Å². The average Bonchev–Trinajstić information content (AvgIpc) is 3.26. The van der Waals surface area contributed by atoms with Gasteiger partial charge in [-0.15, -0.1) is 0 Å². The normalized spacial score (nSPS) is 13.5. The minimum Gasteiger partial charge on any atom is -0.462 e. The fourth-order valence-corrected chi connectivity index (χ4v) is 7.98. The van der Waals surface area contributed by atoms with Gasteiger partial charge in [0, 0.05) is 19.4 Å². The summed E-state index contributed by atoms with van der Waals surface area (Å²) >= 11 is 0. The van der Waals surface area contributed by atoms with Crippen LogP contribution >= 0.6 is 7.82 Å². The highest BCUT2D eigenvalue weighted by Gasteiger charge is 2.26. The highest BCUT2D eigenvalue weighted by molar-refractivity contribution is 7.47. The van der Waals surface area contributed by atoms with E-state index in [1.165, 1.54) is 141 Å². The van der Waals surface area contributed by atoms with E-state index in [-0.39, 0.29) is 38.6 Å². The number of allylic oxidation sites excluding steroid dienone is 8. The molecule has 0 saturated carbocycles. The Morgan fingerprint density at radius 3 is 1.32 bits per heavy atom. The number of hydrogen-bond donors (Lipinski definition) is 2. The topological polar surface area (TPSA) is 134 Å². The standard InChI is InChI=1S/C52H96NO8P/c1-3-5-7-9-11-13-15-17-18-19-20-21-22-23-24-25-26-27-28-29-30-31-32-33-35-37-39-41-43-45-52(55)61-50(49-60-62(56,57)59-47-46-53)48-58-51(54)44-42-40-38-36-34-16-14-12-10-8-6-4-2/h5,7,11,13,17-18,20-21,50H,3-4,6,8-10,12,14-16,19,22-49,53H2,1-2H3,(H,56,57)/b7-5-,13-11-,18-17-,21-20-. The second kappa shape index (κ2) is 48.4. The number of phosphoric ester groups is 1. The summed E-state index contributed by atoms with van der Waals surface area (Å²) in [6.07, 6.45) is 57.3. The summed E-state index contributed by atoms with van der Waals surface area (Å²) in [6, 6.07) is 0. The lowest BCUT2D eigenvalue weighted by atomic mass is 10.0. The molecule has 9 nitrogen and oxygen atoms in total. The predicted octanol–water partition coefficient (Wildman–Crippen LogP) is 15.5. The first-order valence-corrected chi connectivity index (χ1v) is 27.1. The highest BCUT2D eigenvalue weighted by atomic mass is 31.2. The Hall–Kier alpha value is -2.03. The zero-order valence-corrected chi connectivity index (χ0v) is 41.0. The fraction of sp³-hybridized carbons (Fsp3) is 0.808. The van der Waals surface area contributed by atoms with E-state index in [2.05, 4.69) is 62.5 Å². The van der Waals surface area contributed by atoms with Crippen molar-refractivity contribution in [1.82, 2.24) is 0 Å². The number of hydrogen-bond acceptors (Lipinski definition) is 8. The van der Waals surface area contributed by atoms with Crippen LogP contribution in [0.1, 0.15) is 239 Å². The van der Waals surface area contributed by atoms with E-state index in [0.717, 1.165) is 64.2 Å². The maximum Gasteiger partial charge on any atom is 0.472 e. The molecule has 0 spiro atoms. The van der Waals surface area contributed by atoms with E-state index in [1.807, 2.05) is 0 Å². The van der Waals surface area contributed by atoms with E-state index in [4.69, 9.17) is 24.3 Å². The Labute approximate surface area is 381 Å². The summed E-state index contributed by atoms with van der Waals surface area (Å²) in [5.41, 5.74) is 5.36. The maximum atomic E-state index is 12.6. The first-order valence-electron chi connectivity index (χ1n) is 25.6. The van der Waals surface area contributed by atoms with Crippen molar-refractivity contribution >= 4 is 19.8 Å². The van der Waals surface area contributed by atoms with Crippen molar-refractivity contribution in [1.29, 1.82) is 0 Å². The van der Waals surface area contributed by atoms with Gasteiger partial charge >= 0.3 is 19.8 Å². The quantitative estimate of drug-likeness (QED) is 0.0265. The van der Waals surface area contributed by atoms with Crippen LogP contribution in [0.3, 0.4) is 0 Å². The van der Waals surface area contributed by atoms with Crippen LogP contribution in [0.5, 0.6) is 0 Å². The second-order valence-corrected chi connectivity index (χ2v) is 18.5. The molecule has 62 heavy (non-hydrogen) atoms. The third kappa shape index (κ3) is 47.4. The van der Waals surface area contributed by atoms with Crippen LogP contribution in [0, 0.1) is 0 Å². The molecule has 0 aromatic carbocycles. The molecule has 0 aliphatic heterocycles. The molecule has 0 heterocycles. The third-order valence-electron chi connectivity index (χ3n) is 11.0. The van der Waals surface area contributed by atoms with Gasteiger partial charge in [-0.05, 0) is 51.4 Å².